The second-order valence-corrected chi connectivity index (χ2v) is 9.74. The normalized spacial score (nSPS) is 13.2. The van der Waals surface area contributed by atoms with Gasteiger partial charge >= 0.3 is 0 Å². The van der Waals surface area contributed by atoms with Crippen LogP contribution < -0.4 is 33.2 Å². The second kappa shape index (κ2) is 14.4. The summed E-state index contributed by atoms with van der Waals surface area (Å²) in [5.74, 6) is 2.98. The van der Waals surface area contributed by atoms with Crippen LogP contribution in [0.4, 0.5) is 0 Å². The monoisotopic (exact) mass is 606 g/mol. The molecule has 3 aromatic carbocycles. The van der Waals surface area contributed by atoms with E-state index in [-0.39, 0.29) is 11.8 Å². The van der Waals surface area contributed by atoms with Crippen LogP contribution in [0.2, 0.25) is 0 Å². The molecule has 11 heteroatoms. The van der Waals surface area contributed by atoms with Crippen LogP contribution in [0.3, 0.4) is 0 Å². The first-order valence-corrected chi connectivity index (χ1v) is 13.9. The Bertz CT molecular complexity index is 1500. The van der Waals surface area contributed by atoms with Crippen LogP contribution in [0.25, 0.3) is 11.6 Å². The summed E-state index contributed by atoms with van der Waals surface area (Å²) in [5.41, 5.74) is 2.25. The summed E-state index contributed by atoms with van der Waals surface area (Å²) in [7, 11) is 10.7. The quantitative estimate of drug-likeness (QED) is 0.234. The van der Waals surface area contributed by atoms with Gasteiger partial charge in [-0.15, -0.1) is 0 Å². The van der Waals surface area contributed by atoms with Crippen molar-refractivity contribution in [1.29, 1.82) is 0 Å². The number of carbonyl (C=O) groups excluding carboxylic acids is 2. The van der Waals surface area contributed by atoms with E-state index in [0.717, 1.165) is 5.56 Å². The summed E-state index contributed by atoms with van der Waals surface area (Å²) in [6.45, 7) is 1.37. The van der Waals surface area contributed by atoms with Crippen molar-refractivity contribution in [3.8, 4) is 40.2 Å². The maximum atomic E-state index is 14.1. The number of hydrogen-bond donors (Lipinski definition) is 0. The second-order valence-electron chi connectivity index (χ2n) is 9.74. The SMILES string of the molecule is COc1ccc(C=C(C(=O)N2CCN(C(=O)c3cc(OC)c(OC)c(OC)c3)CC2)c2ccc(OC)c(OC)c2)cc1OC. The molecule has 0 bridgehead atoms. The van der Waals surface area contributed by atoms with Gasteiger partial charge < -0.3 is 43.0 Å². The Morgan fingerprint density at radius 3 is 1.55 bits per heavy atom. The molecule has 2 amide bonds. The number of piperazine rings is 1. The number of nitrogens with zero attached hydrogens (tertiary/aromatic N) is 2. The molecular formula is C33H38N2O9. The minimum atomic E-state index is -0.197. The first-order valence-electron chi connectivity index (χ1n) is 13.9. The summed E-state index contributed by atoms with van der Waals surface area (Å²) in [6, 6.07) is 14.0. The number of methoxy groups -OCH3 is 7. The van der Waals surface area contributed by atoms with Gasteiger partial charge in [-0.2, -0.15) is 0 Å². The molecule has 0 unspecified atom stereocenters. The van der Waals surface area contributed by atoms with E-state index in [2.05, 4.69) is 0 Å². The zero-order valence-corrected chi connectivity index (χ0v) is 26.1. The Kier molecular flexibility index (Phi) is 10.4. The van der Waals surface area contributed by atoms with Crippen LogP contribution >= 0.6 is 0 Å². The number of amides is 2. The third kappa shape index (κ3) is 6.61. The molecule has 0 N–H and O–H groups in total. The molecule has 0 saturated carbocycles. The lowest BCUT2D eigenvalue weighted by molar-refractivity contribution is -0.126. The predicted octanol–water partition coefficient (Wildman–Crippen LogP) is 4.27. The Labute approximate surface area is 257 Å². The number of benzene rings is 3. The van der Waals surface area contributed by atoms with Crippen molar-refractivity contribution in [2.45, 2.75) is 0 Å². The first kappa shape index (κ1) is 31.9. The summed E-state index contributed by atoms with van der Waals surface area (Å²) in [4.78, 5) is 31.0. The van der Waals surface area contributed by atoms with Crippen molar-refractivity contribution in [1.82, 2.24) is 9.80 Å². The van der Waals surface area contributed by atoms with E-state index in [1.165, 1.54) is 21.3 Å². The Morgan fingerprint density at radius 2 is 1.02 bits per heavy atom. The molecule has 3 aromatic rings. The van der Waals surface area contributed by atoms with Crippen LogP contribution in [0.5, 0.6) is 40.2 Å². The van der Waals surface area contributed by atoms with E-state index in [0.29, 0.717) is 83.1 Å². The van der Waals surface area contributed by atoms with Crippen LogP contribution in [0.15, 0.2) is 48.5 Å². The standard InChI is InChI=1S/C33H38N2O9/c1-38-25-10-8-21(17-27(25)40-3)16-24(22-9-11-26(39-2)28(18-22)41-4)33(37)35-14-12-34(13-15-35)32(36)23-19-29(42-5)31(44-7)30(20-23)43-6/h8-11,16-20H,12-15H2,1-7H3. The largest absolute Gasteiger partial charge is 0.493 e. The molecule has 0 spiro atoms. The minimum Gasteiger partial charge on any atom is -0.493 e. The highest BCUT2D eigenvalue weighted by molar-refractivity contribution is 6.24. The Morgan fingerprint density at radius 1 is 0.545 bits per heavy atom. The molecule has 1 heterocycles. The fraction of sp³-hybridized carbons (Fsp3) is 0.333. The molecule has 11 nitrogen and oxygen atoms in total. The maximum absolute atomic E-state index is 14.1. The number of rotatable bonds is 11. The van der Waals surface area contributed by atoms with E-state index >= 15 is 0 Å². The van der Waals surface area contributed by atoms with Crippen molar-refractivity contribution in [3.63, 3.8) is 0 Å². The Hall–Kier alpha value is -5.06. The molecule has 1 aliphatic rings. The topological polar surface area (TPSA) is 105 Å². The lowest BCUT2D eigenvalue weighted by Gasteiger charge is -2.35. The van der Waals surface area contributed by atoms with E-state index < -0.39 is 0 Å². The maximum Gasteiger partial charge on any atom is 0.254 e. The summed E-state index contributed by atoms with van der Waals surface area (Å²) in [6.07, 6.45) is 1.80. The summed E-state index contributed by atoms with van der Waals surface area (Å²) < 4.78 is 38.0. The van der Waals surface area contributed by atoms with E-state index in [4.69, 9.17) is 33.2 Å². The Balaban J connectivity index is 1.61. The van der Waals surface area contributed by atoms with Gasteiger partial charge in [0.2, 0.25) is 5.75 Å². The minimum absolute atomic E-state index is 0.188. The molecule has 234 valence electrons. The van der Waals surface area contributed by atoms with Gasteiger partial charge in [-0.25, -0.2) is 0 Å². The highest BCUT2D eigenvalue weighted by atomic mass is 16.5. The van der Waals surface area contributed by atoms with E-state index in [1.54, 1.807) is 80.7 Å². The van der Waals surface area contributed by atoms with Crippen molar-refractivity contribution in [2.75, 3.05) is 75.9 Å². The van der Waals surface area contributed by atoms with Crippen molar-refractivity contribution >= 4 is 23.5 Å². The number of ether oxygens (including phenoxy) is 7. The molecule has 4 rings (SSSR count). The molecule has 0 aliphatic carbocycles. The smallest absolute Gasteiger partial charge is 0.254 e. The van der Waals surface area contributed by atoms with Gasteiger partial charge in [-0.1, -0.05) is 12.1 Å². The highest BCUT2D eigenvalue weighted by Crippen LogP contribution is 2.39. The zero-order valence-electron chi connectivity index (χ0n) is 26.1. The molecule has 44 heavy (non-hydrogen) atoms. The van der Waals surface area contributed by atoms with Crippen molar-refractivity contribution in [2.24, 2.45) is 0 Å². The highest BCUT2D eigenvalue weighted by Gasteiger charge is 2.29. The zero-order chi connectivity index (χ0) is 31.8. The third-order valence-electron chi connectivity index (χ3n) is 7.41. The summed E-state index contributed by atoms with van der Waals surface area (Å²) in [5, 5.41) is 0. The average molecular weight is 607 g/mol. The fourth-order valence-electron chi connectivity index (χ4n) is 5.05. The van der Waals surface area contributed by atoms with E-state index in [1.807, 2.05) is 12.1 Å². The summed E-state index contributed by atoms with van der Waals surface area (Å²) >= 11 is 0. The van der Waals surface area contributed by atoms with Gasteiger partial charge in [0, 0.05) is 37.3 Å². The molecule has 0 radical (unpaired) electrons. The van der Waals surface area contributed by atoms with Gasteiger partial charge in [-0.3, -0.25) is 9.59 Å². The molecular weight excluding hydrogens is 568 g/mol. The van der Waals surface area contributed by atoms with Gasteiger partial charge in [0.15, 0.2) is 34.5 Å². The molecule has 1 fully saturated rings. The van der Waals surface area contributed by atoms with Gasteiger partial charge in [0.1, 0.15) is 0 Å². The third-order valence-corrected chi connectivity index (χ3v) is 7.41. The van der Waals surface area contributed by atoms with Crippen LogP contribution in [0, 0.1) is 0 Å². The van der Waals surface area contributed by atoms with Crippen LogP contribution in [-0.2, 0) is 4.79 Å². The van der Waals surface area contributed by atoms with E-state index in [9.17, 15) is 9.59 Å². The van der Waals surface area contributed by atoms with Crippen LogP contribution in [0.1, 0.15) is 21.5 Å². The lowest BCUT2D eigenvalue weighted by Crippen LogP contribution is -2.50. The molecule has 0 aromatic heterocycles. The lowest BCUT2D eigenvalue weighted by atomic mass is 10.00. The average Bonchev–Trinajstić information content (AvgIpc) is 3.08. The molecule has 1 aliphatic heterocycles. The first-order chi connectivity index (χ1) is 21.3. The number of hydrogen-bond acceptors (Lipinski definition) is 9. The van der Waals surface area contributed by atoms with Gasteiger partial charge in [0.25, 0.3) is 11.8 Å². The van der Waals surface area contributed by atoms with Crippen molar-refractivity contribution in [3.05, 3.63) is 65.2 Å². The van der Waals surface area contributed by atoms with Crippen molar-refractivity contribution < 1.29 is 42.7 Å². The molecule has 0 atom stereocenters. The number of carbonyl (C=O) groups is 2. The predicted molar refractivity (Wildman–Crippen MR) is 166 cm³/mol. The fourth-order valence-corrected chi connectivity index (χ4v) is 5.05. The van der Waals surface area contributed by atoms with Crippen LogP contribution in [-0.4, -0.2) is 97.6 Å². The van der Waals surface area contributed by atoms with Gasteiger partial charge in [0.05, 0.1) is 49.8 Å². The van der Waals surface area contributed by atoms with Gasteiger partial charge in [-0.05, 0) is 53.6 Å². The molecule has 1 saturated heterocycles.